The van der Waals surface area contributed by atoms with Gasteiger partial charge in [0.05, 0.1) is 6.04 Å². The molecule has 0 radical (unpaired) electrons. The summed E-state index contributed by atoms with van der Waals surface area (Å²) in [5, 5.41) is 4.15. The van der Waals surface area contributed by atoms with Gasteiger partial charge >= 0.3 is 0 Å². The minimum Gasteiger partial charge on any atom is -0.459 e. The van der Waals surface area contributed by atoms with Crippen molar-refractivity contribution >= 4 is 11.0 Å². The summed E-state index contributed by atoms with van der Waals surface area (Å²) < 4.78 is 19.0. The summed E-state index contributed by atoms with van der Waals surface area (Å²) in [6.45, 7) is 0. The second kappa shape index (κ2) is 4.73. The lowest BCUT2D eigenvalue weighted by Gasteiger charge is -2.28. The second-order valence-electron chi connectivity index (χ2n) is 5.20. The fourth-order valence-corrected chi connectivity index (χ4v) is 2.64. The van der Waals surface area contributed by atoms with E-state index in [-0.39, 0.29) is 11.9 Å². The Morgan fingerprint density at radius 2 is 2.22 bits per heavy atom. The molecule has 0 aliphatic heterocycles. The van der Waals surface area contributed by atoms with Gasteiger partial charge in [0.15, 0.2) is 0 Å². The number of nitrogens with one attached hydrogen (secondary N) is 1. The molecule has 2 nitrogen and oxygen atoms in total. The van der Waals surface area contributed by atoms with Crippen molar-refractivity contribution in [2.24, 2.45) is 5.92 Å². The van der Waals surface area contributed by atoms with Gasteiger partial charge in [-0.15, -0.1) is 0 Å². The summed E-state index contributed by atoms with van der Waals surface area (Å²) in [5.74, 6) is 1.52. The van der Waals surface area contributed by atoms with E-state index < -0.39 is 0 Å². The van der Waals surface area contributed by atoms with Gasteiger partial charge in [-0.05, 0) is 43.7 Å². The van der Waals surface area contributed by atoms with E-state index >= 15 is 0 Å². The largest absolute Gasteiger partial charge is 0.459 e. The zero-order valence-corrected chi connectivity index (χ0v) is 10.6. The molecule has 1 aliphatic rings. The van der Waals surface area contributed by atoms with Gasteiger partial charge in [0.25, 0.3) is 0 Å². The number of hydrogen-bond donors (Lipinski definition) is 1. The van der Waals surface area contributed by atoms with Gasteiger partial charge < -0.3 is 9.73 Å². The van der Waals surface area contributed by atoms with E-state index in [1.165, 1.54) is 31.4 Å². The van der Waals surface area contributed by atoms with Crippen LogP contribution in [0, 0.1) is 11.7 Å². The van der Waals surface area contributed by atoms with Gasteiger partial charge in [-0.3, -0.25) is 0 Å². The lowest BCUT2D eigenvalue weighted by atomic mass is 9.80. The first kappa shape index (κ1) is 11.7. The molecule has 0 amide bonds. The number of halogens is 1. The lowest BCUT2D eigenvalue weighted by Crippen LogP contribution is -2.22. The van der Waals surface area contributed by atoms with Crippen LogP contribution in [0.2, 0.25) is 0 Å². The first-order chi connectivity index (χ1) is 8.76. The summed E-state index contributed by atoms with van der Waals surface area (Å²) in [6, 6.07) is 6.86. The molecule has 1 aromatic carbocycles. The van der Waals surface area contributed by atoms with Crippen LogP contribution in [0.1, 0.15) is 37.5 Å². The van der Waals surface area contributed by atoms with Crippen LogP contribution in [0.4, 0.5) is 4.39 Å². The fourth-order valence-electron chi connectivity index (χ4n) is 2.64. The summed E-state index contributed by atoms with van der Waals surface area (Å²) in [6.07, 6.45) is 5.12. The van der Waals surface area contributed by atoms with Crippen molar-refractivity contribution in [3.05, 3.63) is 35.8 Å². The highest BCUT2D eigenvalue weighted by Gasteiger charge is 2.24. The highest BCUT2D eigenvalue weighted by Crippen LogP contribution is 2.36. The Morgan fingerprint density at radius 3 is 2.89 bits per heavy atom. The molecular weight excluding hydrogens is 229 g/mol. The van der Waals surface area contributed by atoms with E-state index in [2.05, 4.69) is 5.32 Å². The van der Waals surface area contributed by atoms with Crippen molar-refractivity contribution in [3.8, 4) is 0 Å². The third-order valence-electron chi connectivity index (χ3n) is 3.98. The van der Waals surface area contributed by atoms with Crippen LogP contribution in [0.5, 0.6) is 0 Å². The Bertz CT molecular complexity index is 544. The summed E-state index contributed by atoms with van der Waals surface area (Å²) >= 11 is 0. The SMILES string of the molecule is CNC(CC1CCC1)c1cc2cc(F)ccc2o1. The third-order valence-corrected chi connectivity index (χ3v) is 3.98. The molecule has 1 aromatic heterocycles. The van der Waals surface area contributed by atoms with Crippen LogP contribution in [0.25, 0.3) is 11.0 Å². The lowest BCUT2D eigenvalue weighted by molar-refractivity contribution is 0.253. The normalized spacial score (nSPS) is 17.9. The van der Waals surface area contributed by atoms with Crippen molar-refractivity contribution in [2.45, 2.75) is 31.7 Å². The summed E-state index contributed by atoms with van der Waals surface area (Å²) in [4.78, 5) is 0. The Labute approximate surface area is 106 Å². The van der Waals surface area contributed by atoms with Gasteiger partial charge in [0.1, 0.15) is 17.2 Å². The van der Waals surface area contributed by atoms with Crippen molar-refractivity contribution in [1.29, 1.82) is 0 Å². The molecule has 1 N–H and O–H groups in total. The fraction of sp³-hybridized carbons (Fsp3) is 0.467. The van der Waals surface area contributed by atoms with E-state index in [9.17, 15) is 4.39 Å². The maximum atomic E-state index is 13.1. The van der Waals surface area contributed by atoms with Crippen LogP contribution in [-0.2, 0) is 0 Å². The minimum atomic E-state index is -0.213. The van der Waals surface area contributed by atoms with Crippen molar-refractivity contribution < 1.29 is 8.81 Å². The average molecular weight is 247 g/mol. The van der Waals surface area contributed by atoms with Crippen LogP contribution in [-0.4, -0.2) is 7.05 Å². The molecule has 2 aromatic rings. The van der Waals surface area contributed by atoms with E-state index in [0.717, 1.165) is 29.1 Å². The number of furan rings is 1. The molecule has 1 fully saturated rings. The molecule has 0 saturated heterocycles. The van der Waals surface area contributed by atoms with Crippen LogP contribution >= 0.6 is 0 Å². The smallest absolute Gasteiger partial charge is 0.134 e. The molecule has 1 heterocycles. The highest BCUT2D eigenvalue weighted by atomic mass is 19.1. The molecule has 0 bridgehead atoms. The Hall–Kier alpha value is -1.35. The van der Waals surface area contributed by atoms with E-state index in [1.807, 2.05) is 13.1 Å². The van der Waals surface area contributed by atoms with Crippen molar-refractivity contribution in [3.63, 3.8) is 0 Å². The molecule has 1 saturated carbocycles. The molecule has 18 heavy (non-hydrogen) atoms. The quantitative estimate of drug-likeness (QED) is 0.882. The Balaban J connectivity index is 1.86. The molecule has 3 heteroatoms. The number of benzene rings is 1. The molecule has 0 spiro atoms. The maximum absolute atomic E-state index is 13.1. The second-order valence-corrected chi connectivity index (χ2v) is 5.20. The first-order valence-corrected chi connectivity index (χ1v) is 6.62. The predicted octanol–water partition coefficient (Wildman–Crippen LogP) is 4.02. The van der Waals surface area contributed by atoms with Crippen molar-refractivity contribution in [1.82, 2.24) is 5.32 Å². The van der Waals surface area contributed by atoms with Crippen LogP contribution in [0.3, 0.4) is 0 Å². The highest BCUT2D eigenvalue weighted by molar-refractivity contribution is 5.78. The zero-order valence-electron chi connectivity index (χ0n) is 10.6. The molecule has 3 rings (SSSR count). The number of hydrogen-bond acceptors (Lipinski definition) is 2. The zero-order chi connectivity index (χ0) is 12.5. The molecule has 96 valence electrons. The minimum absolute atomic E-state index is 0.213. The molecule has 1 unspecified atom stereocenters. The standard InChI is InChI=1S/C15H18FNO/c1-17-13(7-10-3-2-4-10)15-9-11-8-12(16)5-6-14(11)18-15/h5-6,8-10,13,17H,2-4,7H2,1H3. The van der Waals surface area contributed by atoms with Gasteiger partial charge in [-0.2, -0.15) is 0 Å². The summed E-state index contributed by atoms with van der Waals surface area (Å²) in [5.41, 5.74) is 0.764. The summed E-state index contributed by atoms with van der Waals surface area (Å²) in [7, 11) is 1.96. The first-order valence-electron chi connectivity index (χ1n) is 6.62. The monoisotopic (exact) mass is 247 g/mol. The maximum Gasteiger partial charge on any atom is 0.134 e. The third kappa shape index (κ3) is 2.15. The Morgan fingerprint density at radius 1 is 1.39 bits per heavy atom. The van der Waals surface area contributed by atoms with Gasteiger partial charge in [0, 0.05) is 5.39 Å². The Kier molecular flexibility index (Phi) is 3.08. The topological polar surface area (TPSA) is 25.2 Å². The van der Waals surface area contributed by atoms with E-state index in [1.54, 1.807) is 6.07 Å². The average Bonchev–Trinajstić information content (AvgIpc) is 2.70. The van der Waals surface area contributed by atoms with E-state index in [0.29, 0.717) is 0 Å². The van der Waals surface area contributed by atoms with Gasteiger partial charge in [-0.25, -0.2) is 4.39 Å². The predicted molar refractivity (Wildman–Crippen MR) is 69.9 cm³/mol. The molecule has 1 atom stereocenters. The van der Waals surface area contributed by atoms with Crippen molar-refractivity contribution in [2.75, 3.05) is 7.05 Å². The number of rotatable bonds is 4. The van der Waals surface area contributed by atoms with E-state index in [4.69, 9.17) is 4.42 Å². The van der Waals surface area contributed by atoms with Gasteiger partial charge in [-0.1, -0.05) is 19.3 Å². The van der Waals surface area contributed by atoms with Gasteiger partial charge in [0.2, 0.25) is 0 Å². The van der Waals surface area contributed by atoms with Crippen LogP contribution < -0.4 is 5.32 Å². The molecule has 1 aliphatic carbocycles. The molecular formula is C15H18FNO. The number of fused-ring (bicyclic) bond motifs is 1. The van der Waals surface area contributed by atoms with Crippen LogP contribution in [0.15, 0.2) is 28.7 Å².